The number of anilines is 6. The van der Waals surface area contributed by atoms with E-state index in [2.05, 4.69) is 246 Å². The number of aromatic nitrogens is 2. The van der Waals surface area contributed by atoms with Gasteiger partial charge in [0.25, 0.3) is 6.71 Å². The van der Waals surface area contributed by atoms with E-state index in [9.17, 15) is 0 Å². The van der Waals surface area contributed by atoms with Crippen molar-refractivity contribution < 1.29 is 0 Å². The first-order chi connectivity index (χ1) is 34.7. The summed E-state index contributed by atoms with van der Waals surface area (Å²) in [5.41, 5.74) is 20.5. The van der Waals surface area contributed by atoms with Crippen LogP contribution in [0, 0.1) is 17.8 Å². The van der Waals surface area contributed by atoms with E-state index in [0.717, 1.165) is 46.2 Å². The molecule has 4 saturated carbocycles. The van der Waals surface area contributed by atoms with Crippen LogP contribution in [0.3, 0.4) is 0 Å². The molecule has 4 bridgehead atoms. The average Bonchev–Trinajstić information content (AvgIpc) is 3.76. The maximum absolute atomic E-state index is 6.14. The summed E-state index contributed by atoms with van der Waals surface area (Å²) in [5.74, 6) is 4.54. The van der Waals surface area contributed by atoms with Crippen molar-refractivity contribution in [1.82, 2.24) is 9.55 Å². The minimum Gasteiger partial charge on any atom is -0.311 e. The van der Waals surface area contributed by atoms with Crippen LogP contribution in [0.25, 0.3) is 17.1 Å². The fraction of sp³-hybridized carbons (Fsp3) is 0.435. The highest BCUT2D eigenvalue weighted by Gasteiger charge is 2.54. The lowest BCUT2D eigenvalue weighted by Crippen LogP contribution is -2.62. The first-order valence-electron chi connectivity index (χ1n) is 28.2. The van der Waals surface area contributed by atoms with Crippen molar-refractivity contribution in [3.8, 4) is 17.1 Å². The minimum absolute atomic E-state index is 0.0220. The smallest absolute Gasteiger partial charge is 0.277 e. The van der Waals surface area contributed by atoms with Gasteiger partial charge in [-0.3, -0.25) is 9.47 Å². The topological polar surface area (TPSA) is 24.3 Å². The third-order valence-corrected chi connectivity index (χ3v) is 18.3. The molecule has 13 rings (SSSR count). The van der Waals surface area contributed by atoms with E-state index < -0.39 is 0 Å². The minimum atomic E-state index is -0.135. The molecule has 0 amide bonds. The van der Waals surface area contributed by atoms with Crippen molar-refractivity contribution in [3.05, 3.63) is 161 Å². The fourth-order valence-corrected chi connectivity index (χ4v) is 14.4. The number of hydrogen-bond donors (Lipinski definition) is 0. The van der Waals surface area contributed by atoms with Crippen molar-refractivity contribution in [2.24, 2.45) is 17.8 Å². The number of para-hydroxylation sites is 1. The first kappa shape index (κ1) is 49.1. The van der Waals surface area contributed by atoms with Gasteiger partial charge in [0.05, 0.1) is 5.59 Å². The third kappa shape index (κ3) is 8.12. The third-order valence-electron chi connectivity index (χ3n) is 18.3. The predicted octanol–water partition coefficient (Wildman–Crippen LogP) is 16.6. The highest BCUT2D eigenvalue weighted by atomic mass is 15.3. The van der Waals surface area contributed by atoms with Crippen LogP contribution in [-0.4, -0.2) is 16.3 Å². The van der Waals surface area contributed by atoms with Gasteiger partial charge in [-0.25, -0.2) is 4.98 Å². The standard InChI is InChI=1S/C69H81BN4/c1-64(2,3)47-23-21-46(22-24-47)62-71-61-63(74(62)53-19-17-16-18-20-53)73(55-35-50(67(10,11)12)34-51(36-55)68(13,14)15)59-39-52(69-40-43-31-44(41-69)33-45(32-43)42-69)38-58-60(59)70(61)56-37-49(66(7,8)9)27-30-57(56)72(58)54-28-25-48(26-29-54)65(4,5)6/h16-30,34-39,43-45H,31-33,40-42H2,1-15H3. The van der Waals surface area contributed by atoms with Crippen molar-refractivity contribution in [2.75, 3.05) is 9.80 Å². The fourth-order valence-electron chi connectivity index (χ4n) is 14.4. The number of benzene rings is 6. The van der Waals surface area contributed by atoms with Crippen LogP contribution < -0.4 is 26.3 Å². The molecule has 74 heavy (non-hydrogen) atoms. The van der Waals surface area contributed by atoms with Gasteiger partial charge < -0.3 is 4.90 Å². The second-order valence-corrected chi connectivity index (χ2v) is 29.0. The Labute approximate surface area is 445 Å². The SMILES string of the molecule is CC(C)(C)c1ccc(-c2nc3c(n2-c2ccccc2)N(c2cc(C(C)(C)C)cc(C(C)(C)C)c2)c2cc(C45CC6CC(CC(C6)C4)C5)cc4c2B3c2cc(C(C)(C)C)ccc2N4c2ccc(C(C)(C)C)cc2)cc1. The van der Waals surface area contributed by atoms with E-state index in [4.69, 9.17) is 4.98 Å². The summed E-state index contributed by atoms with van der Waals surface area (Å²) >= 11 is 0. The molecule has 4 nitrogen and oxygen atoms in total. The number of fused-ring (bicyclic) bond motifs is 4. The number of nitrogens with zero attached hydrogens (tertiary/aromatic N) is 4. The molecule has 0 N–H and O–H groups in total. The van der Waals surface area contributed by atoms with Crippen LogP contribution in [0.4, 0.5) is 34.3 Å². The molecule has 3 heterocycles. The Morgan fingerprint density at radius 3 is 1.45 bits per heavy atom. The highest BCUT2D eigenvalue weighted by molar-refractivity contribution is 7.00. The molecule has 0 radical (unpaired) electrons. The summed E-state index contributed by atoms with van der Waals surface area (Å²) in [7, 11) is 0. The van der Waals surface area contributed by atoms with Gasteiger partial charge in [0.1, 0.15) is 11.6 Å². The monoisotopic (exact) mass is 977 g/mol. The zero-order valence-corrected chi connectivity index (χ0v) is 47.5. The van der Waals surface area contributed by atoms with E-state index >= 15 is 0 Å². The maximum atomic E-state index is 6.14. The zero-order chi connectivity index (χ0) is 52.2. The predicted molar refractivity (Wildman–Crippen MR) is 316 cm³/mol. The van der Waals surface area contributed by atoms with Gasteiger partial charge in [0.15, 0.2) is 0 Å². The van der Waals surface area contributed by atoms with Crippen LogP contribution in [-0.2, 0) is 32.5 Å². The molecule has 0 unspecified atom stereocenters. The van der Waals surface area contributed by atoms with Crippen LogP contribution in [0.5, 0.6) is 0 Å². The normalized spacial score (nSPS) is 21.2. The van der Waals surface area contributed by atoms with Gasteiger partial charge >= 0.3 is 0 Å². The lowest BCUT2D eigenvalue weighted by Gasteiger charge is -2.57. The average molecular weight is 977 g/mol. The molecule has 0 saturated heterocycles. The van der Waals surface area contributed by atoms with Crippen molar-refractivity contribution in [3.63, 3.8) is 0 Å². The summed E-state index contributed by atoms with van der Waals surface area (Å²) in [5, 5.41) is 0. The lowest BCUT2D eigenvalue weighted by molar-refractivity contribution is -0.00514. The largest absolute Gasteiger partial charge is 0.311 e. The molecule has 4 aliphatic carbocycles. The van der Waals surface area contributed by atoms with E-state index in [1.807, 2.05) is 0 Å². The van der Waals surface area contributed by atoms with Gasteiger partial charge in [-0.1, -0.05) is 177 Å². The van der Waals surface area contributed by atoms with Crippen LogP contribution in [0.2, 0.25) is 0 Å². The summed E-state index contributed by atoms with van der Waals surface area (Å²) in [4.78, 5) is 11.5. The maximum Gasteiger partial charge on any atom is 0.277 e. The molecule has 6 aliphatic rings. The Bertz CT molecular complexity index is 3250. The summed E-state index contributed by atoms with van der Waals surface area (Å²) < 4.78 is 2.53. The lowest BCUT2D eigenvalue weighted by atomic mass is 9.35. The number of imidazole rings is 1. The molecule has 0 atom stereocenters. The van der Waals surface area contributed by atoms with E-state index in [0.29, 0.717) is 0 Å². The van der Waals surface area contributed by atoms with Crippen molar-refractivity contribution >= 4 is 57.5 Å². The van der Waals surface area contributed by atoms with E-state index in [-0.39, 0.29) is 39.2 Å². The van der Waals surface area contributed by atoms with Gasteiger partial charge in [0.2, 0.25) is 0 Å². The Morgan fingerprint density at radius 2 is 0.932 bits per heavy atom. The number of rotatable bonds is 5. The molecule has 6 aromatic carbocycles. The zero-order valence-electron chi connectivity index (χ0n) is 47.5. The van der Waals surface area contributed by atoms with Crippen LogP contribution in [0.1, 0.15) is 176 Å². The highest BCUT2D eigenvalue weighted by Crippen LogP contribution is 2.62. The summed E-state index contributed by atoms with van der Waals surface area (Å²) in [6, 6.07) is 50.5. The van der Waals surface area contributed by atoms with E-state index in [1.54, 1.807) is 0 Å². The molecule has 2 aliphatic heterocycles. The Balaban J connectivity index is 1.25. The van der Waals surface area contributed by atoms with Gasteiger partial charge in [-0.05, 0) is 188 Å². The molecule has 5 heteroatoms. The Hall–Kier alpha value is -5.81. The molecule has 380 valence electrons. The number of hydrogen-bond acceptors (Lipinski definition) is 3. The van der Waals surface area contributed by atoms with Crippen molar-refractivity contribution in [2.45, 2.75) is 175 Å². The molecule has 1 aromatic heterocycles. The van der Waals surface area contributed by atoms with Crippen LogP contribution in [0.15, 0.2) is 127 Å². The second-order valence-electron chi connectivity index (χ2n) is 29.0. The molecular weight excluding hydrogens is 896 g/mol. The molecule has 7 aromatic rings. The first-order valence-corrected chi connectivity index (χ1v) is 28.2. The van der Waals surface area contributed by atoms with Crippen LogP contribution >= 0.6 is 0 Å². The molecular formula is C69H81BN4. The van der Waals surface area contributed by atoms with Crippen molar-refractivity contribution in [1.29, 1.82) is 0 Å². The van der Waals surface area contributed by atoms with Gasteiger partial charge in [-0.2, -0.15) is 0 Å². The Kier molecular flexibility index (Phi) is 11.0. The molecule has 0 spiro atoms. The second kappa shape index (κ2) is 16.6. The van der Waals surface area contributed by atoms with Gasteiger partial charge in [-0.15, -0.1) is 0 Å². The quantitative estimate of drug-likeness (QED) is 0.161. The summed E-state index contributed by atoms with van der Waals surface area (Å²) in [6.07, 6.45) is 8.12. The van der Waals surface area contributed by atoms with E-state index in [1.165, 1.54) is 111 Å². The van der Waals surface area contributed by atoms with Gasteiger partial charge in [0, 0.05) is 39.7 Å². The Morgan fingerprint density at radius 1 is 0.446 bits per heavy atom. The summed E-state index contributed by atoms with van der Waals surface area (Å²) in [6.45, 7) is 35.2. The molecule has 4 fully saturated rings.